The molecule has 0 radical (unpaired) electrons. The lowest BCUT2D eigenvalue weighted by atomic mass is 10.0. The van der Waals surface area contributed by atoms with Crippen LogP contribution in [0.2, 0.25) is 0 Å². The molecule has 1 N–H and O–H groups in total. The maximum absolute atomic E-state index is 13.3. The first-order valence-corrected chi connectivity index (χ1v) is 8.88. The van der Waals surface area contributed by atoms with Gasteiger partial charge in [0.2, 0.25) is 5.75 Å². The van der Waals surface area contributed by atoms with Crippen molar-refractivity contribution >= 4 is 23.1 Å². The highest BCUT2D eigenvalue weighted by Gasteiger charge is 2.38. The summed E-state index contributed by atoms with van der Waals surface area (Å²) in [4.78, 5) is 26.8. The van der Waals surface area contributed by atoms with Crippen LogP contribution in [0.3, 0.4) is 0 Å². The average Bonchev–Trinajstić information content (AvgIpc) is 2.96. The minimum Gasteiger partial charge on any atom is -0.493 e. The van der Waals surface area contributed by atoms with Crippen molar-refractivity contribution in [1.82, 2.24) is 4.90 Å². The lowest BCUT2D eigenvalue weighted by molar-refractivity contribution is -0.136. The Morgan fingerprint density at radius 1 is 0.931 bits per heavy atom. The number of hydrogen-bond donors (Lipinski definition) is 1. The Morgan fingerprint density at radius 2 is 1.52 bits per heavy atom. The third-order valence-electron chi connectivity index (χ3n) is 4.55. The van der Waals surface area contributed by atoms with E-state index in [9.17, 15) is 14.0 Å². The minimum absolute atomic E-state index is 0.0951. The molecule has 7 nitrogen and oxygen atoms in total. The Balaban J connectivity index is 2.12. The maximum atomic E-state index is 13.3. The van der Waals surface area contributed by atoms with Crippen molar-refractivity contribution in [3.05, 3.63) is 53.5 Å². The van der Waals surface area contributed by atoms with Crippen LogP contribution in [0, 0.1) is 5.82 Å². The van der Waals surface area contributed by atoms with Gasteiger partial charge in [-0.05, 0) is 24.6 Å². The number of carbonyl (C=O) groups excluding carboxylic acids is 2. The summed E-state index contributed by atoms with van der Waals surface area (Å²) in [5.74, 6) is -0.163. The molecule has 2 aromatic rings. The summed E-state index contributed by atoms with van der Waals surface area (Å²) in [6, 6.07) is 8.67. The van der Waals surface area contributed by atoms with Crippen LogP contribution in [0.25, 0.3) is 5.57 Å². The molecule has 1 heterocycles. The van der Waals surface area contributed by atoms with Gasteiger partial charge >= 0.3 is 0 Å². The van der Waals surface area contributed by atoms with E-state index in [1.165, 1.54) is 45.6 Å². The standard InChI is InChI=1S/C21H21FN2O5/c1-5-24-20(25)17(12-6-8-13(22)9-7-12)18(21(24)26)23-14-10-15(27-2)19(29-4)16(11-14)28-3/h6-11,23H,5H2,1-4H3. The second kappa shape index (κ2) is 8.22. The second-order valence-electron chi connectivity index (χ2n) is 6.15. The molecule has 0 aromatic heterocycles. The Labute approximate surface area is 167 Å². The van der Waals surface area contributed by atoms with E-state index in [0.29, 0.717) is 28.5 Å². The van der Waals surface area contributed by atoms with Crippen molar-refractivity contribution in [3.8, 4) is 17.2 Å². The number of benzene rings is 2. The zero-order valence-corrected chi connectivity index (χ0v) is 16.5. The van der Waals surface area contributed by atoms with Crippen LogP contribution >= 0.6 is 0 Å². The molecule has 0 aliphatic carbocycles. The summed E-state index contributed by atoms with van der Waals surface area (Å²) in [5.41, 5.74) is 1.17. The monoisotopic (exact) mass is 400 g/mol. The molecule has 0 saturated carbocycles. The van der Waals surface area contributed by atoms with E-state index in [0.717, 1.165) is 4.90 Å². The van der Waals surface area contributed by atoms with Crippen LogP contribution < -0.4 is 19.5 Å². The average molecular weight is 400 g/mol. The zero-order chi connectivity index (χ0) is 21.1. The molecule has 0 unspecified atom stereocenters. The molecule has 2 amide bonds. The van der Waals surface area contributed by atoms with Gasteiger partial charge in [0.25, 0.3) is 11.8 Å². The number of rotatable bonds is 7. The Kier molecular flexibility index (Phi) is 5.72. The molecule has 0 atom stereocenters. The molecule has 0 bridgehead atoms. The molecule has 1 aliphatic rings. The number of halogens is 1. The lowest BCUT2D eigenvalue weighted by Gasteiger charge is -2.16. The molecule has 2 aromatic carbocycles. The summed E-state index contributed by atoms with van der Waals surface area (Å²) in [6.45, 7) is 1.92. The highest BCUT2D eigenvalue weighted by molar-refractivity contribution is 6.36. The molecule has 0 spiro atoms. The molecular formula is C21H21FN2O5. The fourth-order valence-electron chi connectivity index (χ4n) is 3.16. The largest absolute Gasteiger partial charge is 0.493 e. The van der Waals surface area contributed by atoms with E-state index in [1.807, 2.05) is 0 Å². The van der Waals surface area contributed by atoms with Gasteiger partial charge in [-0.3, -0.25) is 14.5 Å². The van der Waals surface area contributed by atoms with Crippen LogP contribution in [0.4, 0.5) is 10.1 Å². The second-order valence-corrected chi connectivity index (χ2v) is 6.15. The summed E-state index contributed by atoms with van der Waals surface area (Å²) in [6.07, 6.45) is 0. The van der Waals surface area contributed by atoms with Gasteiger partial charge in [-0.25, -0.2) is 4.39 Å². The van der Waals surface area contributed by atoms with Gasteiger partial charge in [-0.2, -0.15) is 0 Å². The highest BCUT2D eigenvalue weighted by atomic mass is 19.1. The highest BCUT2D eigenvalue weighted by Crippen LogP contribution is 2.41. The van der Waals surface area contributed by atoms with Crippen molar-refractivity contribution in [1.29, 1.82) is 0 Å². The number of anilines is 1. The van der Waals surface area contributed by atoms with Crippen molar-refractivity contribution < 1.29 is 28.2 Å². The van der Waals surface area contributed by atoms with E-state index < -0.39 is 17.6 Å². The topological polar surface area (TPSA) is 77.1 Å². The van der Waals surface area contributed by atoms with Gasteiger partial charge in [0.15, 0.2) is 11.5 Å². The van der Waals surface area contributed by atoms with E-state index in [2.05, 4.69) is 5.32 Å². The van der Waals surface area contributed by atoms with E-state index >= 15 is 0 Å². The van der Waals surface area contributed by atoms with E-state index in [1.54, 1.807) is 19.1 Å². The lowest BCUT2D eigenvalue weighted by Crippen LogP contribution is -2.32. The molecule has 0 fully saturated rings. The van der Waals surface area contributed by atoms with Gasteiger partial charge in [-0.1, -0.05) is 12.1 Å². The van der Waals surface area contributed by atoms with Gasteiger partial charge < -0.3 is 19.5 Å². The first-order valence-electron chi connectivity index (χ1n) is 8.88. The number of imide groups is 1. The summed E-state index contributed by atoms with van der Waals surface area (Å²) in [7, 11) is 4.45. The summed E-state index contributed by atoms with van der Waals surface area (Å²) >= 11 is 0. The number of likely N-dealkylation sites (N-methyl/N-ethyl adjacent to an activating group) is 1. The molecule has 152 valence electrons. The molecule has 8 heteroatoms. The van der Waals surface area contributed by atoms with Gasteiger partial charge in [0.05, 0.1) is 26.9 Å². The Hall–Kier alpha value is -3.55. The smallest absolute Gasteiger partial charge is 0.278 e. The van der Waals surface area contributed by atoms with Crippen molar-refractivity contribution in [3.63, 3.8) is 0 Å². The van der Waals surface area contributed by atoms with Crippen LogP contribution in [-0.4, -0.2) is 44.6 Å². The fraction of sp³-hybridized carbons (Fsp3) is 0.238. The molecule has 1 aliphatic heterocycles. The van der Waals surface area contributed by atoms with E-state index in [4.69, 9.17) is 14.2 Å². The third-order valence-corrected chi connectivity index (χ3v) is 4.55. The molecule has 3 rings (SSSR count). The number of carbonyl (C=O) groups is 2. The van der Waals surface area contributed by atoms with Crippen molar-refractivity contribution in [2.45, 2.75) is 6.92 Å². The normalized spacial score (nSPS) is 13.8. The number of ether oxygens (including phenoxy) is 3. The van der Waals surface area contributed by atoms with E-state index in [-0.39, 0.29) is 17.8 Å². The number of nitrogens with zero attached hydrogens (tertiary/aromatic N) is 1. The Bertz CT molecular complexity index is 960. The predicted octanol–water partition coefficient (Wildman–Crippen LogP) is 3.06. The fourth-order valence-corrected chi connectivity index (χ4v) is 3.16. The van der Waals surface area contributed by atoms with Crippen molar-refractivity contribution in [2.75, 3.05) is 33.2 Å². The Morgan fingerprint density at radius 3 is 2.00 bits per heavy atom. The maximum Gasteiger partial charge on any atom is 0.278 e. The minimum atomic E-state index is -0.467. The van der Waals surface area contributed by atoms with Crippen LogP contribution in [0.5, 0.6) is 17.2 Å². The summed E-state index contributed by atoms with van der Waals surface area (Å²) < 4.78 is 29.3. The summed E-state index contributed by atoms with van der Waals surface area (Å²) in [5, 5.41) is 3.01. The van der Waals surface area contributed by atoms with Gasteiger partial charge in [0, 0.05) is 24.4 Å². The van der Waals surface area contributed by atoms with Crippen LogP contribution in [0.1, 0.15) is 12.5 Å². The van der Waals surface area contributed by atoms with Gasteiger partial charge in [0.1, 0.15) is 11.5 Å². The number of methoxy groups -OCH3 is 3. The number of hydrogen-bond acceptors (Lipinski definition) is 6. The molecular weight excluding hydrogens is 379 g/mol. The van der Waals surface area contributed by atoms with Crippen molar-refractivity contribution in [2.24, 2.45) is 0 Å². The first-order chi connectivity index (χ1) is 13.9. The quantitative estimate of drug-likeness (QED) is 0.720. The third kappa shape index (κ3) is 3.61. The molecule has 29 heavy (non-hydrogen) atoms. The zero-order valence-electron chi connectivity index (χ0n) is 16.5. The SMILES string of the molecule is CCN1C(=O)C(Nc2cc(OC)c(OC)c(OC)c2)=C(c2ccc(F)cc2)C1=O. The number of amides is 2. The molecule has 0 saturated heterocycles. The first kappa shape index (κ1) is 20.2. The van der Waals surface area contributed by atoms with Crippen LogP contribution in [-0.2, 0) is 9.59 Å². The van der Waals surface area contributed by atoms with Crippen LogP contribution in [0.15, 0.2) is 42.1 Å². The van der Waals surface area contributed by atoms with Gasteiger partial charge in [-0.15, -0.1) is 0 Å². The predicted molar refractivity (Wildman–Crippen MR) is 105 cm³/mol. The number of nitrogens with one attached hydrogen (secondary N) is 1.